The number of hydrogen-bond donors (Lipinski definition) is 1. The molecule has 31 heavy (non-hydrogen) atoms. The Bertz CT molecular complexity index is 1020. The zero-order valence-electron chi connectivity index (χ0n) is 18.2. The lowest BCUT2D eigenvalue weighted by Crippen LogP contribution is -2.40. The van der Waals surface area contributed by atoms with Crippen LogP contribution in [0.5, 0.6) is 0 Å². The molecule has 1 fully saturated rings. The average Bonchev–Trinajstić information content (AvgIpc) is 3.13. The molecule has 1 aromatic heterocycles. The molecule has 168 valence electrons. The van der Waals surface area contributed by atoms with Crippen molar-refractivity contribution in [3.8, 4) is 0 Å². The van der Waals surface area contributed by atoms with Crippen molar-refractivity contribution in [1.29, 1.82) is 0 Å². The second kappa shape index (κ2) is 10.9. The lowest BCUT2D eigenvalue weighted by Gasteiger charge is -2.33. The van der Waals surface area contributed by atoms with Gasteiger partial charge >= 0.3 is 0 Å². The van der Waals surface area contributed by atoms with Crippen LogP contribution in [0.25, 0.3) is 11.0 Å². The van der Waals surface area contributed by atoms with E-state index in [9.17, 15) is 4.79 Å². The molecule has 2 aromatic carbocycles. The van der Waals surface area contributed by atoms with Crippen LogP contribution in [0.15, 0.2) is 48.5 Å². The van der Waals surface area contributed by atoms with Gasteiger partial charge in [0.05, 0.1) is 11.0 Å². The number of likely N-dealkylation sites (tertiary alicyclic amines) is 1. The fourth-order valence-electron chi connectivity index (χ4n) is 4.47. The summed E-state index contributed by atoms with van der Waals surface area (Å²) < 4.78 is 2.35. The Morgan fingerprint density at radius 1 is 1.13 bits per heavy atom. The number of para-hydroxylation sites is 3. The van der Waals surface area contributed by atoms with Crippen molar-refractivity contribution in [3.63, 3.8) is 0 Å². The van der Waals surface area contributed by atoms with Crippen LogP contribution in [-0.4, -0.2) is 33.4 Å². The monoisotopic (exact) mass is 462 g/mol. The molecule has 1 aliphatic rings. The zero-order valence-corrected chi connectivity index (χ0v) is 19.8. The van der Waals surface area contributed by atoms with E-state index < -0.39 is 0 Å². The number of nitrogens with two attached hydrogens (primary N) is 1. The fourth-order valence-corrected chi connectivity index (χ4v) is 4.47. The Balaban J connectivity index is 0.00000171. The first-order valence-electron chi connectivity index (χ1n) is 10.6. The number of imidazole rings is 1. The minimum Gasteiger partial charge on any atom is -0.399 e. The third-order valence-corrected chi connectivity index (χ3v) is 5.94. The van der Waals surface area contributed by atoms with Gasteiger partial charge in [-0.2, -0.15) is 0 Å². The first-order chi connectivity index (χ1) is 14.0. The normalized spacial score (nSPS) is 16.1. The smallest absolute Gasteiger partial charge is 0.222 e. The van der Waals surface area contributed by atoms with Crippen LogP contribution >= 0.6 is 24.8 Å². The number of fused-ring (bicyclic) bond motifs is 1. The van der Waals surface area contributed by atoms with Crippen molar-refractivity contribution in [3.05, 3.63) is 59.9 Å². The van der Waals surface area contributed by atoms with Gasteiger partial charge in [0.15, 0.2) is 0 Å². The molecule has 1 atom stereocenters. The fraction of sp³-hybridized carbons (Fsp3) is 0.417. The van der Waals surface area contributed by atoms with Crippen LogP contribution in [0, 0.1) is 0 Å². The zero-order chi connectivity index (χ0) is 20.4. The van der Waals surface area contributed by atoms with E-state index in [1.54, 1.807) is 0 Å². The first-order valence-corrected chi connectivity index (χ1v) is 10.6. The van der Waals surface area contributed by atoms with Crippen LogP contribution in [0.1, 0.15) is 56.5 Å². The maximum Gasteiger partial charge on any atom is 0.222 e. The van der Waals surface area contributed by atoms with Crippen LogP contribution in [0.2, 0.25) is 0 Å². The van der Waals surface area contributed by atoms with Crippen molar-refractivity contribution in [2.24, 2.45) is 0 Å². The number of aryl methyl sites for hydroxylation is 1. The number of anilines is 1. The van der Waals surface area contributed by atoms with E-state index in [2.05, 4.69) is 36.6 Å². The summed E-state index contributed by atoms with van der Waals surface area (Å²) in [5.74, 6) is 1.61. The third-order valence-electron chi connectivity index (χ3n) is 5.94. The Labute approximate surface area is 196 Å². The number of aromatic nitrogens is 2. The molecular weight excluding hydrogens is 431 g/mol. The number of halogens is 2. The van der Waals surface area contributed by atoms with E-state index in [0.717, 1.165) is 48.5 Å². The molecule has 0 radical (unpaired) electrons. The van der Waals surface area contributed by atoms with Crippen molar-refractivity contribution >= 4 is 47.4 Å². The van der Waals surface area contributed by atoms with E-state index in [-0.39, 0.29) is 36.6 Å². The van der Waals surface area contributed by atoms with Gasteiger partial charge < -0.3 is 15.2 Å². The molecular formula is C24H32Cl2N4O. The van der Waals surface area contributed by atoms with Crippen molar-refractivity contribution in [2.45, 2.75) is 51.5 Å². The standard InChI is InChI=1S/C24H30N4O.2ClH/c1-17(2)28-22-12-6-5-11-21(22)26-24(28)19-9-7-15-27(16-19)23(29)14-13-18-8-3-4-10-20(18)25;;/h3-6,8,10-12,17,19H,7,9,13-16,25H2,1-2H3;2*1H. The van der Waals surface area contributed by atoms with Crippen LogP contribution in [-0.2, 0) is 11.2 Å². The molecule has 1 aliphatic heterocycles. The van der Waals surface area contributed by atoms with Gasteiger partial charge in [0.2, 0.25) is 5.91 Å². The number of carbonyl (C=O) groups is 1. The second-order valence-corrected chi connectivity index (χ2v) is 8.30. The predicted molar refractivity (Wildman–Crippen MR) is 132 cm³/mol. The van der Waals surface area contributed by atoms with E-state index in [0.29, 0.717) is 18.9 Å². The third kappa shape index (κ3) is 5.34. The minimum absolute atomic E-state index is 0. The number of carbonyl (C=O) groups excluding carboxylic acids is 1. The van der Waals surface area contributed by atoms with Gasteiger partial charge in [0, 0.05) is 37.2 Å². The van der Waals surface area contributed by atoms with Gasteiger partial charge in [-0.05, 0) is 56.9 Å². The first kappa shape index (κ1) is 25.0. The molecule has 0 aliphatic carbocycles. The van der Waals surface area contributed by atoms with Gasteiger partial charge in [0.25, 0.3) is 0 Å². The quantitative estimate of drug-likeness (QED) is 0.517. The highest BCUT2D eigenvalue weighted by molar-refractivity contribution is 5.85. The molecule has 4 rings (SSSR count). The SMILES string of the molecule is CC(C)n1c(C2CCCN(C(=O)CCc3ccccc3N)C2)nc2ccccc21.Cl.Cl. The summed E-state index contributed by atoms with van der Waals surface area (Å²) in [6, 6.07) is 16.5. The molecule has 3 aromatic rings. The van der Waals surface area contributed by atoms with Crippen molar-refractivity contribution in [2.75, 3.05) is 18.8 Å². The van der Waals surface area contributed by atoms with Crippen LogP contribution in [0.4, 0.5) is 5.69 Å². The van der Waals surface area contributed by atoms with Gasteiger partial charge in [-0.3, -0.25) is 4.79 Å². The number of benzene rings is 2. The van der Waals surface area contributed by atoms with Crippen LogP contribution in [0.3, 0.4) is 0 Å². The molecule has 1 amide bonds. The lowest BCUT2D eigenvalue weighted by atomic mass is 9.96. The lowest BCUT2D eigenvalue weighted by molar-refractivity contribution is -0.132. The molecule has 0 spiro atoms. The van der Waals surface area contributed by atoms with E-state index in [1.165, 1.54) is 5.52 Å². The topological polar surface area (TPSA) is 64.2 Å². The maximum atomic E-state index is 12.9. The number of piperidine rings is 1. The summed E-state index contributed by atoms with van der Waals surface area (Å²) in [5, 5.41) is 0. The van der Waals surface area contributed by atoms with Gasteiger partial charge in [-0.25, -0.2) is 4.98 Å². The molecule has 0 saturated carbocycles. The van der Waals surface area contributed by atoms with E-state index >= 15 is 0 Å². The summed E-state index contributed by atoms with van der Waals surface area (Å²) >= 11 is 0. The number of nitrogen functional groups attached to an aromatic ring is 1. The largest absolute Gasteiger partial charge is 0.399 e. The maximum absolute atomic E-state index is 12.9. The van der Waals surface area contributed by atoms with E-state index in [1.807, 2.05) is 35.2 Å². The van der Waals surface area contributed by atoms with Crippen LogP contribution < -0.4 is 5.73 Å². The van der Waals surface area contributed by atoms with Crippen molar-refractivity contribution in [1.82, 2.24) is 14.5 Å². The number of nitrogens with zero attached hydrogens (tertiary/aromatic N) is 3. The van der Waals surface area contributed by atoms with Crippen molar-refractivity contribution < 1.29 is 4.79 Å². The second-order valence-electron chi connectivity index (χ2n) is 8.30. The molecule has 2 heterocycles. The van der Waals surface area contributed by atoms with Gasteiger partial charge in [-0.15, -0.1) is 24.8 Å². The minimum atomic E-state index is 0. The Morgan fingerprint density at radius 3 is 2.58 bits per heavy atom. The number of amides is 1. The molecule has 1 unspecified atom stereocenters. The van der Waals surface area contributed by atoms with E-state index in [4.69, 9.17) is 10.7 Å². The average molecular weight is 463 g/mol. The Morgan fingerprint density at radius 2 is 1.84 bits per heavy atom. The highest BCUT2D eigenvalue weighted by Crippen LogP contribution is 2.32. The molecule has 0 bridgehead atoms. The van der Waals surface area contributed by atoms with Gasteiger partial charge in [0.1, 0.15) is 5.82 Å². The molecule has 1 saturated heterocycles. The predicted octanol–water partition coefficient (Wildman–Crippen LogP) is 5.38. The van der Waals surface area contributed by atoms with Gasteiger partial charge in [-0.1, -0.05) is 30.3 Å². The molecule has 7 heteroatoms. The molecule has 5 nitrogen and oxygen atoms in total. The summed E-state index contributed by atoms with van der Waals surface area (Å²) in [5.41, 5.74) is 10.1. The summed E-state index contributed by atoms with van der Waals surface area (Å²) in [7, 11) is 0. The highest BCUT2D eigenvalue weighted by Gasteiger charge is 2.29. The number of rotatable bonds is 5. The Kier molecular flexibility index (Phi) is 8.78. The summed E-state index contributed by atoms with van der Waals surface area (Å²) in [6.07, 6.45) is 3.29. The highest BCUT2D eigenvalue weighted by atomic mass is 35.5. The summed E-state index contributed by atoms with van der Waals surface area (Å²) in [4.78, 5) is 19.9. The summed E-state index contributed by atoms with van der Waals surface area (Å²) in [6.45, 7) is 5.99. The molecule has 2 N–H and O–H groups in total. The number of hydrogen-bond acceptors (Lipinski definition) is 3. The Hall–Kier alpha value is -2.24.